The second kappa shape index (κ2) is 11.1. The molecular weight excluding hydrogens is 558 g/mol. The van der Waals surface area contributed by atoms with Crippen LogP contribution in [0.25, 0.3) is 5.69 Å². The molecule has 1 saturated heterocycles. The van der Waals surface area contributed by atoms with E-state index in [1.165, 1.54) is 0 Å². The van der Waals surface area contributed by atoms with Crippen LogP contribution in [0.4, 0.5) is 5.69 Å². The number of benzene rings is 2. The molecule has 1 fully saturated rings. The van der Waals surface area contributed by atoms with Gasteiger partial charge in [-0.15, -0.1) is 0 Å². The van der Waals surface area contributed by atoms with E-state index in [2.05, 4.69) is 85.2 Å². The summed E-state index contributed by atoms with van der Waals surface area (Å²) in [6.45, 7) is 6.74. The quantitative estimate of drug-likeness (QED) is 0.240. The zero-order valence-corrected chi connectivity index (χ0v) is 24.0. The minimum Gasteiger partial charge on any atom is -0.352 e. The van der Waals surface area contributed by atoms with Gasteiger partial charge in [-0.05, 0) is 92.6 Å². The number of thiocarbonyl (C=S) groups is 1. The number of carbonyl (C=O) groups is 1. The third-order valence-electron chi connectivity index (χ3n) is 7.07. The molecule has 0 unspecified atom stereocenters. The lowest BCUT2D eigenvalue weighted by Crippen LogP contribution is -2.33. The molecule has 2 N–H and O–H groups in total. The number of carbonyl (C=O) groups excluding carboxylic acids is 1. The van der Waals surface area contributed by atoms with Gasteiger partial charge in [0.2, 0.25) is 5.91 Å². The topological polar surface area (TPSA) is 62.2 Å². The van der Waals surface area contributed by atoms with Crippen LogP contribution in [0.2, 0.25) is 0 Å². The van der Waals surface area contributed by atoms with E-state index in [0.717, 1.165) is 44.1 Å². The van der Waals surface area contributed by atoms with Crippen LogP contribution in [-0.2, 0) is 4.79 Å². The first-order valence-electron chi connectivity index (χ1n) is 12.6. The first kappa shape index (κ1) is 26.1. The molecule has 0 aliphatic carbocycles. The summed E-state index contributed by atoms with van der Waals surface area (Å²) in [6.07, 6.45) is 2.12. The van der Waals surface area contributed by atoms with Gasteiger partial charge in [-0.25, -0.2) is 0 Å². The van der Waals surface area contributed by atoms with Gasteiger partial charge < -0.3 is 20.1 Å². The van der Waals surface area contributed by atoms with Crippen LogP contribution < -0.4 is 10.6 Å². The van der Waals surface area contributed by atoms with Gasteiger partial charge in [-0.2, -0.15) is 0 Å². The summed E-state index contributed by atoms with van der Waals surface area (Å²) in [4.78, 5) is 19.7. The van der Waals surface area contributed by atoms with Gasteiger partial charge >= 0.3 is 0 Å². The average molecular weight is 589 g/mol. The number of nitrogens with zero attached hydrogens (tertiary/aromatic N) is 3. The molecule has 2 aromatic heterocycles. The van der Waals surface area contributed by atoms with E-state index in [1.807, 2.05) is 49.4 Å². The maximum atomic E-state index is 12.9. The molecule has 0 spiro atoms. The lowest BCUT2D eigenvalue weighted by atomic mass is 9.96. The van der Waals surface area contributed by atoms with Gasteiger partial charge in [-0.3, -0.25) is 9.78 Å². The van der Waals surface area contributed by atoms with Gasteiger partial charge in [0.1, 0.15) is 0 Å². The molecule has 2 aromatic carbocycles. The molecule has 0 radical (unpaired) electrons. The SMILES string of the molecule is Cc1ccccc1NC(=O)CCN1C(=S)N[C@@H](c2ccccn2)[C@@H]1c1cc(C)n(-c2ccc(Br)cc2)c1C. The number of hydrogen-bond donors (Lipinski definition) is 2. The van der Waals surface area contributed by atoms with E-state index >= 15 is 0 Å². The molecular formula is C30H30BrN5OS. The second-order valence-corrected chi connectivity index (χ2v) is 10.9. The van der Waals surface area contributed by atoms with Crippen molar-refractivity contribution in [2.45, 2.75) is 39.3 Å². The number of nitrogens with one attached hydrogen (secondary N) is 2. The van der Waals surface area contributed by atoms with Crippen LogP contribution in [0.3, 0.4) is 0 Å². The third kappa shape index (κ3) is 5.24. The summed E-state index contributed by atoms with van der Waals surface area (Å²) in [5, 5.41) is 7.18. The van der Waals surface area contributed by atoms with Crippen molar-refractivity contribution in [2.24, 2.45) is 0 Å². The summed E-state index contributed by atoms with van der Waals surface area (Å²) in [5.74, 6) is -0.0394. The van der Waals surface area contributed by atoms with Gasteiger partial charge in [0.05, 0.1) is 17.8 Å². The maximum absolute atomic E-state index is 12.9. The van der Waals surface area contributed by atoms with Crippen molar-refractivity contribution in [3.8, 4) is 5.69 Å². The highest BCUT2D eigenvalue weighted by Crippen LogP contribution is 2.41. The number of halogens is 1. The van der Waals surface area contributed by atoms with Crippen molar-refractivity contribution in [3.05, 3.63) is 112 Å². The highest BCUT2D eigenvalue weighted by atomic mass is 79.9. The average Bonchev–Trinajstić information content (AvgIpc) is 3.39. The minimum atomic E-state index is -0.137. The van der Waals surface area contributed by atoms with Crippen LogP contribution in [0, 0.1) is 20.8 Å². The van der Waals surface area contributed by atoms with Crippen LogP contribution in [-0.4, -0.2) is 32.0 Å². The van der Waals surface area contributed by atoms with E-state index in [-0.39, 0.29) is 18.0 Å². The Labute approximate surface area is 237 Å². The van der Waals surface area contributed by atoms with Crippen molar-refractivity contribution in [1.29, 1.82) is 0 Å². The minimum absolute atomic E-state index is 0.0394. The number of aryl methyl sites for hydroxylation is 2. The van der Waals surface area contributed by atoms with Crippen LogP contribution in [0.5, 0.6) is 0 Å². The van der Waals surface area contributed by atoms with Crippen molar-refractivity contribution >= 4 is 44.9 Å². The van der Waals surface area contributed by atoms with E-state index in [9.17, 15) is 4.79 Å². The van der Waals surface area contributed by atoms with E-state index in [0.29, 0.717) is 18.1 Å². The Balaban J connectivity index is 1.47. The Hall–Kier alpha value is -3.49. The summed E-state index contributed by atoms with van der Waals surface area (Å²) >= 11 is 9.37. The summed E-state index contributed by atoms with van der Waals surface area (Å²) < 4.78 is 3.31. The van der Waals surface area contributed by atoms with Crippen LogP contribution in [0.15, 0.2) is 83.5 Å². The Morgan fingerprint density at radius 3 is 2.50 bits per heavy atom. The predicted octanol–water partition coefficient (Wildman–Crippen LogP) is 6.56. The summed E-state index contributed by atoms with van der Waals surface area (Å²) in [7, 11) is 0. The molecule has 1 amide bonds. The fourth-order valence-electron chi connectivity index (χ4n) is 5.21. The second-order valence-electron chi connectivity index (χ2n) is 9.57. The van der Waals surface area contributed by atoms with Crippen molar-refractivity contribution in [3.63, 3.8) is 0 Å². The van der Waals surface area contributed by atoms with Gasteiger partial charge in [0.25, 0.3) is 0 Å². The van der Waals surface area contributed by atoms with E-state index in [1.54, 1.807) is 6.20 Å². The van der Waals surface area contributed by atoms with Gasteiger partial charge in [-0.1, -0.05) is 40.2 Å². The molecule has 0 bridgehead atoms. The first-order valence-corrected chi connectivity index (χ1v) is 13.8. The van der Waals surface area contributed by atoms with Crippen molar-refractivity contribution in [2.75, 3.05) is 11.9 Å². The molecule has 3 heterocycles. The van der Waals surface area contributed by atoms with Gasteiger partial charge in [0, 0.05) is 46.4 Å². The molecule has 1 aliphatic heterocycles. The standard InChI is InChI=1S/C30H30BrN5OS/c1-19-8-4-5-9-25(19)33-27(37)15-17-35-29(28(34-30(35)38)26-10-6-7-16-32-26)24-18-20(2)36(21(24)3)23-13-11-22(31)12-14-23/h4-14,16,18,28-29H,15,17H2,1-3H3,(H,33,37)(H,34,38)/t28-,29-/m0/s1. The fourth-order valence-corrected chi connectivity index (χ4v) is 5.80. The first-order chi connectivity index (χ1) is 18.3. The summed E-state index contributed by atoms with van der Waals surface area (Å²) in [5.41, 5.74) is 7.31. The number of amides is 1. The third-order valence-corrected chi connectivity index (χ3v) is 7.95. The highest BCUT2D eigenvalue weighted by Gasteiger charge is 2.41. The highest BCUT2D eigenvalue weighted by molar-refractivity contribution is 9.10. The molecule has 1 aliphatic rings. The summed E-state index contributed by atoms with van der Waals surface area (Å²) in [6, 6.07) is 24.0. The number of rotatable bonds is 7. The Morgan fingerprint density at radius 2 is 1.79 bits per heavy atom. The normalized spacial score (nSPS) is 16.9. The van der Waals surface area contributed by atoms with Crippen molar-refractivity contribution < 1.29 is 4.79 Å². The smallest absolute Gasteiger partial charge is 0.226 e. The van der Waals surface area contributed by atoms with Crippen molar-refractivity contribution in [1.82, 2.24) is 19.8 Å². The lowest BCUT2D eigenvalue weighted by molar-refractivity contribution is -0.116. The zero-order chi connectivity index (χ0) is 26.8. The molecule has 4 aromatic rings. The van der Waals surface area contributed by atoms with E-state index < -0.39 is 0 Å². The number of hydrogen-bond acceptors (Lipinski definition) is 3. The number of aromatic nitrogens is 2. The largest absolute Gasteiger partial charge is 0.352 e. The molecule has 194 valence electrons. The monoisotopic (exact) mass is 587 g/mol. The fraction of sp³-hybridized carbons (Fsp3) is 0.233. The Morgan fingerprint density at radius 1 is 1.05 bits per heavy atom. The number of anilines is 1. The molecule has 6 nitrogen and oxygen atoms in total. The molecule has 2 atom stereocenters. The lowest BCUT2D eigenvalue weighted by Gasteiger charge is -2.28. The zero-order valence-electron chi connectivity index (χ0n) is 21.6. The molecule has 0 saturated carbocycles. The Kier molecular flexibility index (Phi) is 7.63. The molecule has 5 rings (SSSR count). The van der Waals surface area contributed by atoms with Crippen LogP contribution in [0.1, 0.15) is 46.7 Å². The number of para-hydroxylation sites is 1. The van der Waals surface area contributed by atoms with Gasteiger partial charge in [0.15, 0.2) is 5.11 Å². The molecule has 8 heteroatoms. The maximum Gasteiger partial charge on any atom is 0.226 e. The number of pyridine rings is 1. The van der Waals surface area contributed by atoms with E-state index in [4.69, 9.17) is 12.2 Å². The molecule has 38 heavy (non-hydrogen) atoms. The Bertz CT molecular complexity index is 1470. The van der Waals surface area contributed by atoms with Crippen LogP contribution >= 0.6 is 28.1 Å². The predicted molar refractivity (Wildman–Crippen MR) is 160 cm³/mol.